The third-order valence-corrected chi connectivity index (χ3v) is 4.84. The van der Waals surface area contributed by atoms with Gasteiger partial charge in [-0.1, -0.05) is 6.07 Å². The van der Waals surface area contributed by atoms with Crippen molar-refractivity contribution < 1.29 is 19.4 Å². The highest BCUT2D eigenvalue weighted by atomic mass is 16.5. The molecule has 0 spiro atoms. The van der Waals surface area contributed by atoms with Crippen molar-refractivity contribution in [1.29, 1.82) is 0 Å². The van der Waals surface area contributed by atoms with Crippen LogP contribution in [0, 0.1) is 5.92 Å². The van der Waals surface area contributed by atoms with E-state index in [9.17, 15) is 4.79 Å². The van der Waals surface area contributed by atoms with Crippen molar-refractivity contribution in [3.05, 3.63) is 23.8 Å². The smallest absolute Gasteiger partial charge is 0.303 e. The zero-order valence-electron chi connectivity index (χ0n) is 14.2. The van der Waals surface area contributed by atoms with Crippen LogP contribution in [0.3, 0.4) is 0 Å². The Hall–Kier alpha value is -1.75. The molecule has 2 aliphatic rings. The predicted molar refractivity (Wildman–Crippen MR) is 91.5 cm³/mol. The average molecular weight is 333 g/mol. The van der Waals surface area contributed by atoms with E-state index in [1.54, 1.807) is 0 Å². The molecule has 0 aromatic heterocycles. The van der Waals surface area contributed by atoms with Gasteiger partial charge in [-0.2, -0.15) is 0 Å². The minimum atomic E-state index is -0.689. The molecule has 1 saturated heterocycles. The molecule has 5 nitrogen and oxygen atoms in total. The number of benzene rings is 1. The molecular weight excluding hydrogens is 306 g/mol. The molecule has 0 saturated carbocycles. The van der Waals surface area contributed by atoms with E-state index in [0.717, 1.165) is 76.5 Å². The third kappa shape index (κ3) is 4.87. The van der Waals surface area contributed by atoms with Crippen LogP contribution in [0.25, 0.3) is 0 Å². The van der Waals surface area contributed by atoms with E-state index in [2.05, 4.69) is 17.0 Å². The Kier molecular flexibility index (Phi) is 5.96. The van der Waals surface area contributed by atoms with Gasteiger partial charge in [-0.15, -0.1) is 0 Å². The SMILES string of the molecule is O=C(O)CCC1CCCN(Cc2ccc3c(c2)OCCCCO3)C1. The highest BCUT2D eigenvalue weighted by Crippen LogP contribution is 2.31. The Morgan fingerprint density at radius 1 is 1.17 bits per heavy atom. The lowest BCUT2D eigenvalue weighted by molar-refractivity contribution is -0.137. The van der Waals surface area contributed by atoms with Crippen LogP contribution in [-0.4, -0.2) is 42.3 Å². The first kappa shape index (κ1) is 17.1. The summed E-state index contributed by atoms with van der Waals surface area (Å²) in [6.45, 7) is 4.47. The number of carboxylic acids is 1. The molecule has 0 bridgehead atoms. The lowest BCUT2D eigenvalue weighted by Crippen LogP contribution is -2.35. The molecule has 0 amide bonds. The fourth-order valence-corrected chi connectivity index (χ4v) is 3.57. The number of piperidine rings is 1. The van der Waals surface area contributed by atoms with Gasteiger partial charge in [0.15, 0.2) is 11.5 Å². The van der Waals surface area contributed by atoms with Crippen molar-refractivity contribution in [3.63, 3.8) is 0 Å². The molecule has 2 aliphatic heterocycles. The molecule has 2 heterocycles. The maximum Gasteiger partial charge on any atom is 0.303 e. The number of hydrogen-bond acceptors (Lipinski definition) is 4. The second-order valence-corrected chi connectivity index (χ2v) is 6.86. The number of nitrogens with zero attached hydrogens (tertiary/aromatic N) is 1. The van der Waals surface area contributed by atoms with Crippen LogP contribution in [0.2, 0.25) is 0 Å². The lowest BCUT2D eigenvalue weighted by Gasteiger charge is -2.32. The first-order valence-electron chi connectivity index (χ1n) is 9.03. The third-order valence-electron chi connectivity index (χ3n) is 4.84. The normalized spacial score (nSPS) is 21.8. The zero-order chi connectivity index (χ0) is 16.8. The van der Waals surface area contributed by atoms with E-state index >= 15 is 0 Å². The van der Waals surface area contributed by atoms with E-state index in [1.165, 1.54) is 5.56 Å². The summed E-state index contributed by atoms with van der Waals surface area (Å²) < 4.78 is 11.6. The Labute approximate surface area is 143 Å². The number of aliphatic carboxylic acids is 1. The van der Waals surface area contributed by atoms with Gasteiger partial charge >= 0.3 is 5.97 Å². The second-order valence-electron chi connectivity index (χ2n) is 6.86. The standard InChI is InChI=1S/C19H27NO4/c21-19(22)8-6-15-4-3-9-20(13-15)14-16-5-7-17-18(12-16)24-11-2-1-10-23-17/h5,7,12,15H,1-4,6,8-11,13-14H2,(H,21,22). The first-order valence-corrected chi connectivity index (χ1v) is 9.03. The summed E-state index contributed by atoms with van der Waals surface area (Å²) in [7, 11) is 0. The number of fused-ring (bicyclic) bond motifs is 1. The molecular formula is C19H27NO4. The van der Waals surface area contributed by atoms with Gasteiger partial charge in [0.25, 0.3) is 0 Å². The summed E-state index contributed by atoms with van der Waals surface area (Å²) in [4.78, 5) is 13.2. The Bertz CT molecular complexity index is 560. The van der Waals surface area contributed by atoms with Gasteiger partial charge in [0.1, 0.15) is 0 Å². The number of carbonyl (C=O) groups is 1. The van der Waals surface area contributed by atoms with Gasteiger partial charge in [-0.25, -0.2) is 0 Å². The number of hydrogen-bond donors (Lipinski definition) is 1. The topological polar surface area (TPSA) is 59.0 Å². The lowest BCUT2D eigenvalue weighted by atomic mass is 9.93. The molecule has 0 aliphatic carbocycles. The Balaban J connectivity index is 1.58. The summed E-state index contributed by atoms with van der Waals surface area (Å²) in [5.41, 5.74) is 1.23. The highest BCUT2D eigenvalue weighted by molar-refractivity contribution is 5.66. The molecule has 1 aromatic carbocycles. The highest BCUT2D eigenvalue weighted by Gasteiger charge is 2.21. The van der Waals surface area contributed by atoms with E-state index < -0.39 is 5.97 Å². The second kappa shape index (κ2) is 8.38. The summed E-state index contributed by atoms with van der Waals surface area (Å²) in [6, 6.07) is 6.23. The summed E-state index contributed by atoms with van der Waals surface area (Å²) >= 11 is 0. The van der Waals surface area contributed by atoms with Crippen LogP contribution in [0.4, 0.5) is 0 Å². The summed E-state index contributed by atoms with van der Waals surface area (Å²) in [6.07, 6.45) is 5.42. The van der Waals surface area contributed by atoms with Gasteiger partial charge in [-0.3, -0.25) is 9.69 Å². The molecule has 1 N–H and O–H groups in total. The van der Waals surface area contributed by atoms with Gasteiger partial charge in [0.05, 0.1) is 13.2 Å². The monoisotopic (exact) mass is 333 g/mol. The molecule has 5 heteroatoms. The van der Waals surface area contributed by atoms with Gasteiger partial charge in [0.2, 0.25) is 0 Å². The fraction of sp³-hybridized carbons (Fsp3) is 0.632. The molecule has 3 rings (SSSR count). The van der Waals surface area contributed by atoms with Gasteiger partial charge in [-0.05, 0) is 62.3 Å². The predicted octanol–water partition coefficient (Wildman–Crippen LogP) is 3.31. The van der Waals surface area contributed by atoms with Crippen LogP contribution in [0.15, 0.2) is 18.2 Å². The molecule has 1 atom stereocenters. The summed E-state index contributed by atoms with van der Waals surface area (Å²) in [5.74, 6) is 1.51. The fourth-order valence-electron chi connectivity index (χ4n) is 3.57. The molecule has 24 heavy (non-hydrogen) atoms. The molecule has 0 radical (unpaired) electrons. The van der Waals surface area contributed by atoms with Crippen LogP contribution >= 0.6 is 0 Å². The zero-order valence-corrected chi connectivity index (χ0v) is 14.2. The quantitative estimate of drug-likeness (QED) is 0.896. The Morgan fingerprint density at radius 2 is 1.96 bits per heavy atom. The largest absolute Gasteiger partial charge is 0.490 e. The maximum absolute atomic E-state index is 10.8. The molecule has 1 fully saturated rings. The molecule has 1 unspecified atom stereocenters. The van der Waals surface area contributed by atoms with Crippen molar-refractivity contribution in [2.24, 2.45) is 5.92 Å². The van der Waals surface area contributed by atoms with Crippen molar-refractivity contribution in [2.45, 2.75) is 45.1 Å². The average Bonchev–Trinajstić information content (AvgIpc) is 2.55. The van der Waals surface area contributed by atoms with Crippen molar-refractivity contribution in [1.82, 2.24) is 4.90 Å². The van der Waals surface area contributed by atoms with Crippen LogP contribution < -0.4 is 9.47 Å². The van der Waals surface area contributed by atoms with Crippen molar-refractivity contribution >= 4 is 5.97 Å². The van der Waals surface area contributed by atoms with E-state index in [1.807, 2.05) is 6.07 Å². The number of ether oxygens (including phenoxy) is 2. The van der Waals surface area contributed by atoms with Crippen molar-refractivity contribution in [3.8, 4) is 11.5 Å². The van der Waals surface area contributed by atoms with Gasteiger partial charge < -0.3 is 14.6 Å². The van der Waals surface area contributed by atoms with Crippen molar-refractivity contribution in [2.75, 3.05) is 26.3 Å². The van der Waals surface area contributed by atoms with Crippen LogP contribution in [0.5, 0.6) is 11.5 Å². The molecule has 1 aromatic rings. The number of likely N-dealkylation sites (tertiary alicyclic amines) is 1. The van der Waals surface area contributed by atoms with E-state index in [-0.39, 0.29) is 6.42 Å². The van der Waals surface area contributed by atoms with E-state index in [4.69, 9.17) is 14.6 Å². The molecule has 132 valence electrons. The van der Waals surface area contributed by atoms with Crippen LogP contribution in [-0.2, 0) is 11.3 Å². The summed E-state index contributed by atoms with van der Waals surface area (Å²) in [5, 5.41) is 8.86. The van der Waals surface area contributed by atoms with Crippen LogP contribution in [0.1, 0.15) is 44.1 Å². The Morgan fingerprint density at radius 3 is 2.75 bits per heavy atom. The maximum atomic E-state index is 10.8. The number of rotatable bonds is 5. The van der Waals surface area contributed by atoms with E-state index in [0.29, 0.717) is 5.92 Å². The minimum Gasteiger partial charge on any atom is -0.490 e. The number of carboxylic acid groups (broad SMARTS) is 1. The first-order chi connectivity index (χ1) is 11.7. The van der Waals surface area contributed by atoms with Gasteiger partial charge in [0, 0.05) is 19.5 Å². The minimum absolute atomic E-state index is 0.280.